The summed E-state index contributed by atoms with van der Waals surface area (Å²) in [5.74, 6) is 0.600. The second-order valence-electron chi connectivity index (χ2n) is 4.18. The van der Waals surface area contributed by atoms with Crippen LogP contribution in [0.25, 0.3) is 0 Å². The molecule has 4 nitrogen and oxygen atoms in total. The van der Waals surface area contributed by atoms with Crippen molar-refractivity contribution in [1.82, 2.24) is 4.31 Å². The molecule has 0 bridgehead atoms. The zero-order chi connectivity index (χ0) is 11.5. The van der Waals surface area contributed by atoms with Crippen LogP contribution in [0.2, 0.25) is 0 Å². The van der Waals surface area contributed by atoms with Crippen LogP contribution in [0.5, 0.6) is 0 Å². The van der Waals surface area contributed by atoms with Crippen molar-refractivity contribution in [3.05, 3.63) is 11.6 Å². The highest BCUT2D eigenvalue weighted by Gasteiger charge is 2.26. The van der Waals surface area contributed by atoms with Crippen LogP contribution in [-0.4, -0.2) is 38.1 Å². The van der Waals surface area contributed by atoms with Gasteiger partial charge in [0.15, 0.2) is 0 Å². The largest absolute Gasteiger partial charge is 0.330 e. The molecule has 88 valence electrons. The highest BCUT2D eigenvalue weighted by molar-refractivity contribution is 7.89. The Morgan fingerprint density at radius 1 is 1.53 bits per heavy atom. The molecule has 0 saturated heterocycles. The van der Waals surface area contributed by atoms with Crippen molar-refractivity contribution in [2.24, 2.45) is 11.7 Å². The monoisotopic (exact) mass is 232 g/mol. The standard InChI is InChI=1S/C10H20N2O2S/c1-9(2)10-4-6-12(8-10)15(13,14)7-3-5-11/h4,9H,3,5-8,11H2,1-2H3. The Morgan fingerprint density at radius 3 is 2.67 bits per heavy atom. The summed E-state index contributed by atoms with van der Waals surface area (Å²) in [6, 6.07) is 0. The van der Waals surface area contributed by atoms with Gasteiger partial charge >= 0.3 is 0 Å². The average Bonchev–Trinajstić information content (AvgIpc) is 2.64. The number of nitrogens with two attached hydrogens (primary N) is 1. The summed E-state index contributed by atoms with van der Waals surface area (Å²) < 4.78 is 25.1. The van der Waals surface area contributed by atoms with E-state index in [4.69, 9.17) is 5.73 Å². The normalized spacial score (nSPS) is 18.5. The molecule has 1 heterocycles. The summed E-state index contributed by atoms with van der Waals surface area (Å²) in [5.41, 5.74) is 6.53. The molecule has 5 heteroatoms. The maximum absolute atomic E-state index is 11.8. The lowest BCUT2D eigenvalue weighted by molar-refractivity contribution is 0.476. The number of hydrogen-bond acceptors (Lipinski definition) is 3. The Balaban J connectivity index is 2.55. The minimum absolute atomic E-state index is 0.169. The third-order valence-corrected chi connectivity index (χ3v) is 4.53. The molecule has 0 atom stereocenters. The molecule has 2 N–H and O–H groups in total. The van der Waals surface area contributed by atoms with Crippen LogP contribution < -0.4 is 5.73 Å². The van der Waals surface area contributed by atoms with Crippen LogP contribution in [0, 0.1) is 5.92 Å². The Hall–Kier alpha value is -0.390. The van der Waals surface area contributed by atoms with Gasteiger partial charge in [0.25, 0.3) is 0 Å². The second-order valence-corrected chi connectivity index (χ2v) is 6.27. The van der Waals surface area contributed by atoms with Crippen LogP contribution >= 0.6 is 0 Å². The van der Waals surface area contributed by atoms with Crippen LogP contribution in [0.1, 0.15) is 20.3 Å². The van der Waals surface area contributed by atoms with E-state index < -0.39 is 10.0 Å². The SMILES string of the molecule is CC(C)C1=CCN(S(=O)(=O)CCCN)C1. The quantitative estimate of drug-likeness (QED) is 0.705. The Morgan fingerprint density at radius 2 is 2.20 bits per heavy atom. The highest BCUT2D eigenvalue weighted by atomic mass is 32.2. The van der Waals surface area contributed by atoms with E-state index in [1.54, 1.807) is 0 Å². The molecule has 1 rings (SSSR count). The van der Waals surface area contributed by atoms with Crippen molar-refractivity contribution in [2.75, 3.05) is 25.4 Å². The van der Waals surface area contributed by atoms with E-state index in [-0.39, 0.29) is 5.75 Å². The van der Waals surface area contributed by atoms with Crippen LogP contribution in [-0.2, 0) is 10.0 Å². The van der Waals surface area contributed by atoms with E-state index in [1.165, 1.54) is 9.88 Å². The van der Waals surface area contributed by atoms with E-state index in [2.05, 4.69) is 13.8 Å². The van der Waals surface area contributed by atoms with Crippen molar-refractivity contribution in [2.45, 2.75) is 20.3 Å². The first-order valence-electron chi connectivity index (χ1n) is 5.34. The maximum Gasteiger partial charge on any atom is 0.214 e. The molecule has 0 spiro atoms. The lowest BCUT2D eigenvalue weighted by Crippen LogP contribution is -2.32. The van der Waals surface area contributed by atoms with E-state index in [9.17, 15) is 8.42 Å². The summed E-state index contributed by atoms with van der Waals surface area (Å²) in [5, 5.41) is 0. The van der Waals surface area contributed by atoms with Crippen LogP contribution in [0.3, 0.4) is 0 Å². The van der Waals surface area contributed by atoms with Gasteiger partial charge in [0.1, 0.15) is 0 Å². The van der Waals surface area contributed by atoms with E-state index in [0.717, 1.165) is 0 Å². The minimum atomic E-state index is -3.09. The molecular formula is C10H20N2O2S. The van der Waals surface area contributed by atoms with Gasteiger partial charge in [-0.05, 0) is 18.9 Å². The van der Waals surface area contributed by atoms with Gasteiger partial charge in [-0.3, -0.25) is 0 Å². The molecule has 0 saturated carbocycles. The fourth-order valence-electron chi connectivity index (χ4n) is 1.58. The van der Waals surface area contributed by atoms with Crippen molar-refractivity contribution >= 4 is 10.0 Å². The Bertz CT molecular complexity index is 333. The molecule has 15 heavy (non-hydrogen) atoms. The van der Waals surface area contributed by atoms with Crippen molar-refractivity contribution < 1.29 is 8.42 Å². The molecule has 0 radical (unpaired) electrons. The number of hydrogen-bond donors (Lipinski definition) is 1. The lowest BCUT2D eigenvalue weighted by Gasteiger charge is -2.17. The lowest BCUT2D eigenvalue weighted by atomic mass is 10.1. The molecule has 0 aliphatic carbocycles. The van der Waals surface area contributed by atoms with Gasteiger partial charge in [-0.1, -0.05) is 25.5 Å². The molecule has 0 amide bonds. The summed E-state index contributed by atoms with van der Waals surface area (Å²) in [7, 11) is -3.09. The van der Waals surface area contributed by atoms with Crippen LogP contribution in [0.15, 0.2) is 11.6 Å². The first-order valence-corrected chi connectivity index (χ1v) is 6.95. The van der Waals surface area contributed by atoms with E-state index in [0.29, 0.717) is 32.0 Å². The fourth-order valence-corrected chi connectivity index (χ4v) is 3.01. The minimum Gasteiger partial charge on any atom is -0.330 e. The van der Waals surface area contributed by atoms with Gasteiger partial charge in [0.05, 0.1) is 5.75 Å². The smallest absolute Gasteiger partial charge is 0.214 e. The molecule has 1 aliphatic rings. The molecule has 0 unspecified atom stereocenters. The second kappa shape index (κ2) is 5.09. The summed E-state index contributed by atoms with van der Waals surface area (Å²) >= 11 is 0. The highest BCUT2D eigenvalue weighted by Crippen LogP contribution is 2.20. The van der Waals surface area contributed by atoms with E-state index in [1.807, 2.05) is 6.08 Å². The predicted octanol–water partition coefficient (Wildman–Crippen LogP) is 0.563. The molecule has 0 aromatic heterocycles. The van der Waals surface area contributed by atoms with Gasteiger partial charge in [-0.25, -0.2) is 8.42 Å². The topological polar surface area (TPSA) is 63.4 Å². The van der Waals surface area contributed by atoms with Gasteiger partial charge < -0.3 is 5.73 Å². The summed E-state index contributed by atoms with van der Waals surface area (Å²) in [4.78, 5) is 0. The summed E-state index contributed by atoms with van der Waals surface area (Å²) in [6.45, 7) is 5.69. The average molecular weight is 232 g/mol. The van der Waals surface area contributed by atoms with Crippen molar-refractivity contribution in [3.8, 4) is 0 Å². The fraction of sp³-hybridized carbons (Fsp3) is 0.800. The number of sulfonamides is 1. The molecular weight excluding hydrogens is 212 g/mol. The maximum atomic E-state index is 11.8. The van der Waals surface area contributed by atoms with Gasteiger partial charge in [-0.15, -0.1) is 0 Å². The van der Waals surface area contributed by atoms with Crippen molar-refractivity contribution in [3.63, 3.8) is 0 Å². The predicted molar refractivity (Wildman–Crippen MR) is 62.0 cm³/mol. The molecule has 0 aromatic rings. The molecule has 1 aliphatic heterocycles. The van der Waals surface area contributed by atoms with Crippen molar-refractivity contribution in [1.29, 1.82) is 0 Å². The van der Waals surface area contributed by atoms with Crippen LogP contribution in [0.4, 0.5) is 0 Å². The number of rotatable bonds is 5. The van der Waals surface area contributed by atoms with Gasteiger partial charge in [0, 0.05) is 13.1 Å². The Labute approximate surface area is 92.2 Å². The zero-order valence-corrected chi connectivity index (χ0v) is 10.3. The van der Waals surface area contributed by atoms with Gasteiger partial charge in [0.2, 0.25) is 10.0 Å². The third kappa shape index (κ3) is 3.29. The van der Waals surface area contributed by atoms with Gasteiger partial charge in [-0.2, -0.15) is 4.31 Å². The molecule has 0 fully saturated rings. The number of nitrogens with zero attached hydrogens (tertiary/aromatic N) is 1. The summed E-state index contributed by atoms with van der Waals surface area (Å²) in [6.07, 6.45) is 2.56. The first kappa shape index (κ1) is 12.7. The van der Waals surface area contributed by atoms with E-state index >= 15 is 0 Å². The third-order valence-electron chi connectivity index (χ3n) is 2.66. The first-order chi connectivity index (χ1) is 6.97. The zero-order valence-electron chi connectivity index (χ0n) is 9.44. The Kier molecular flexibility index (Phi) is 4.31. The molecule has 0 aromatic carbocycles.